The molecule has 3 N–H and O–H groups in total. The van der Waals surface area contributed by atoms with Gasteiger partial charge in [-0.1, -0.05) is 23.7 Å². The van der Waals surface area contributed by atoms with E-state index in [4.69, 9.17) is 21.1 Å². The second-order valence-electron chi connectivity index (χ2n) is 7.48. The highest BCUT2D eigenvalue weighted by atomic mass is 35.5. The Morgan fingerprint density at radius 3 is 2.50 bits per heavy atom. The molecule has 0 spiro atoms. The molecule has 4 aromatic rings. The summed E-state index contributed by atoms with van der Waals surface area (Å²) in [5.41, 5.74) is 1.27. The third-order valence-corrected chi connectivity index (χ3v) is 5.44. The third kappa shape index (κ3) is 5.29. The number of hydrogen-bond donors (Lipinski definition) is 3. The lowest BCUT2D eigenvalue weighted by molar-refractivity contribution is 0.102. The molecule has 0 fully saturated rings. The van der Waals surface area contributed by atoms with E-state index in [0.29, 0.717) is 39.0 Å². The number of carbonyl (C=O) groups is 1. The largest absolute Gasteiger partial charge is 0.497 e. The Kier molecular flexibility index (Phi) is 7.18. The Labute approximate surface area is 211 Å². The van der Waals surface area contributed by atoms with E-state index in [0.717, 1.165) is 0 Å². The van der Waals surface area contributed by atoms with Gasteiger partial charge in [-0.15, -0.1) is 0 Å². The van der Waals surface area contributed by atoms with E-state index in [1.807, 2.05) is 6.07 Å². The summed E-state index contributed by atoms with van der Waals surface area (Å²) in [6.45, 7) is 0. The summed E-state index contributed by atoms with van der Waals surface area (Å²) < 4.78 is 10.5. The van der Waals surface area contributed by atoms with Crippen molar-refractivity contribution in [2.24, 2.45) is 0 Å². The number of ether oxygens (including phenoxy) is 2. The van der Waals surface area contributed by atoms with Crippen molar-refractivity contribution in [1.82, 2.24) is 9.97 Å². The van der Waals surface area contributed by atoms with Crippen LogP contribution in [0.4, 0.5) is 17.3 Å². The summed E-state index contributed by atoms with van der Waals surface area (Å²) in [5, 5.41) is 16.0. The highest BCUT2D eigenvalue weighted by molar-refractivity contribution is 6.30. The molecule has 0 bridgehead atoms. The molecular weight excluding hydrogens is 482 g/mol. The molecule has 0 saturated carbocycles. The number of nitrogens with one attached hydrogen (secondary N) is 3. The minimum atomic E-state index is -0.601. The van der Waals surface area contributed by atoms with Gasteiger partial charge in [0.15, 0.2) is 0 Å². The first-order chi connectivity index (χ1) is 17.4. The van der Waals surface area contributed by atoms with E-state index >= 15 is 0 Å². The number of hydrogen-bond acceptors (Lipinski definition) is 7. The quantitative estimate of drug-likeness (QED) is 0.326. The van der Waals surface area contributed by atoms with Gasteiger partial charge in [0, 0.05) is 28.0 Å². The number of nitriles is 1. The van der Waals surface area contributed by atoms with Crippen molar-refractivity contribution >= 4 is 34.8 Å². The van der Waals surface area contributed by atoms with Crippen molar-refractivity contribution < 1.29 is 14.3 Å². The molecule has 0 atom stereocenters. The fourth-order valence-corrected chi connectivity index (χ4v) is 3.57. The third-order valence-electron chi connectivity index (χ3n) is 5.19. The second-order valence-corrected chi connectivity index (χ2v) is 7.92. The van der Waals surface area contributed by atoms with E-state index in [-0.39, 0.29) is 17.2 Å². The van der Waals surface area contributed by atoms with Crippen LogP contribution in [0, 0.1) is 11.3 Å². The van der Waals surface area contributed by atoms with Crippen molar-refractivity contribution in [3.63, 3.8) is 0 Å². The molecule has 36 heavy (non-hydrogen) atoms. The van der Waals surface area contributed by atoms with Crippen LogP contribution in [0.15, 0.2) is 71.5 Å². The van der Waals surface area contributed by atoms with Gasteiger partial charge in [-0.05, 0) is 48.5 Å². The molecule has 4 rings (SSSR count). The number of anilines is 3. The van der Waals surface area contributed by atoms with Crippen LogP contribution >= 0.6 is 11.6 Å². The second kappa shape index (κ2) is 10.6. The van der Waals surface area contributed by atoms with Gasteiger partial charge in [-0.25, -0.2) is 4.98 Å². The van der Waals surface area contributed by atoms with Gasteiger partial charge >= 0.3 is 0 Å². The average Bonchev–Trinajstić information content (AvgIpc) is 2.89. The maximum atomic E-state index is 12.9. The Morgan fingerprint density at radius 2 is 1.81 bits per heavy atom. The SMILES string of the molecule is COc1ccc(C(=O)Nc2cccc(-c3nc(Nc4ccc(Cl)cc4)[nH]c(=O)c3C#N)c2)c(OC)c1. The van der Waals surface area contributed by atoms with Crippen LogP contribution < -0.4 is 25.7 Å². The zero-order valence-electron chi connectivity index (χ0n) is 19.3. The molecular formula is C26H20ClN5O4. The highest BCUT2D eigenvalue weighted by Gasteiger charge is 2.17. The number of aromatic nitrogens is 2. The Hall–Kier alpha value is -4.81. The van der Waals surface area contributed by atoms with Gasteiger partial charge in [0.05, 0.1) is 25.5 Å². The molecule has 0 aliphatic heterocycles. The number of nitrogens with zero attached hydrogens (tertiary/aromatic N) is 2. The molecule has 9 nitrogen and oxygen atoms in total. The lowest BCUT2D eigenvalue weighted by Crippen LogP contribution is -2.16. The standard InChI is InChI=1S/C26H20ClN5O4/c1-35-19-10-11-20(22(13-19)36-2)24(33)29-18-5-3-4-15(12-18)23-21(14-28)25(34)32-26(31-23)30-17-8-6-16(27)7-9-17/h3-13H,1-2H3,(H,29,33)(H2,30,31,32,34). The zero-order valence-corrected chi connectivity index (χ0v) is 20.0. The number of amides is 1. The van der Waals surface area contributed by atoms with Crippen LogP contribution in [-0.4, -0.2) is 30.1 Å². The van der Waals surface area contributed by atoms with E-state index in [2.05, 4.69) is 20.6 Å². The predicted molar refractivity (Wildman–Crippen MR) is 137 cm³/mol. The number of H-pyrrole nitrogens is 1. The molecule has 0 radical (unpaired) electrons. The minimum absolute atomic E-state index is 0.147. The van der Waals surface area contributed by atoms with E-state index in [1.165, 1.54) is 14.2 Å². The van der Waals surface area contributed by atoms with Crippen molar-refractivity contribution in [1.29, 1.82) is 5.26 Å². The molecule has 180 valence electrons. The molecule has 0 aliphatic carbocycles. The molecule has 1 amide bonds. The first kappa shape index (κ1) is 24.3. The molecule has 0 unspecified atom stereocenters. The number of benzene rings is 3. The maximum absolute atomic E-state index is 12.9. The predicted octanol–water partition coefficient (Wildman–Crippen LogP) is 4.98. The minimum Gasteiger partial charge on any atom is -0.497 e. The smallest absolute Gasteiger partial charge is 0.270 e. The number of halogens is 1. The normalized spacial score (nSPS) is 10.3. The van der Waals surface area contributed by atoms with Crippen LogP contribution in [0.2, 0.25) is 5.02 Å². The zero-order chi connectivity index (χ0) is 25.7. The fourth-order valence-electron chi connectivity index (χ4n) is 3.44. The summed E-state index contributed by atoms with van der Waals surface area (Å²) >= 11 is 5.93. The number of carbonyl (C=O) groups excluding carboxylic acids is 1. The van der Waals surface area contributed by atoms with E-state index in [9.17, 15) is 14.9 Å². The van der Waals surface area contributed by atoms with Gasteiger partial charge in [-0.2, -0.15) is 5.26 Å². The van der Waals surface area contributed by atoms with Crippen molar-refractivity contribution in [2.75, 3.05) is 24.9 Å². The summed E-state index contributed by atoms with van der Waals surface area (Å²) in [4.78, 5) is 32.5. The molecule has 0 saturated heterocycles. The van der Waals surface area contributed by atoms with Gasteiger partial charge < -0.3 is 20.1 Å². The maximum Gasteiger partial charge on any atom is 0.270 e. The Balaban J connectivity index is 1.66. The van der Waals surface area contributed by atoms with Gasteiger partial charge in [0.1, 0.15) is 23.1 Å². The molecule has 1 aromatic heterocycles. The molecule has 1 heterocycles. The number of methoxy groups -OCH3 is 2. The van der Waals surface area contributed by atoms with E-state index in [1.54, 1.807) is 66.7 Å². The van der Waals surface area contributed by atoms with Crippen molar-refractivity contribution in [3.8, 4) is 28.8 Å². The topological polar surface area (TPSA) is 129 Å². The summed E-state index contributed by atoms with van der Waals surface area (Å²) in [5.74, 6) is 0.645. The van der Waals surface area contributed by atoms with Crippen molar-refractivity contribution in [2.45, 2.75) is 0 Å². The average molecular weight is 502 g/mol. The number of aromatic amines is 1. The number of rotatable bonds is 7. The van der Waals surface area contributed by atoms with Crippen LogP contribution in [0.25, 0.3) is 11.3 Å². The Bertz CT molecular complexity index is 1530. The summed E-state index contributed by atoms with van der Waals surface area (Å²) in [7, 11) is 2.98. The monoisotopic (exact) mass is 501 g/mol. The molecule has 10 heteroatoms. The van der Waals surface area contributed by atoms with Crippen molar-refractivity contribution in [3.05, 3.63) is 93.2 Å². The Morgan fingerprint density at radius 1 is 1.03 bits per heavy atom. The molecule has 3 aromatic carbocycles. The van der Waals surface area contributed by atoms with Crippen LogP contribution in [0.1, 0.15) is 15.9 Å². The van der Waals surface area contributed by atoms with Gasteiger partial charge in [-0.3, -0.25) is 14.6 Å². The first-order valence-electron chi connectivity index (χ1n) is 10.6. The van der Waals surface area contributed by atoms with E-state index < -0.39 is 11.5 Å². The lowest BCUT2D eigenvalue weighted by atomic mass is 10.1. The van der Waals surface area contributed by atoms with Crippen LogP contribution in [0.5, 0.6) is 11.5 Å². The first-order valence-corrected chi connectivity index (χ1v) is 11.0. The van der Waals surface area contributed by atoms with Crippen LogP contribution in [0.3, 0.4) is 0 Å². The lowest BCUT2D eigenvalue weighted by Gasteiger charge is -2.12. The highest BCUT2D eigenvalue weighted by Crippen LogP contribution is 2.27. The molecule has 0 aliphatic rings. The van der Waals surface area contributed by atoms with Crippen LogP contribution in [-0.2, 0) is 0 Å². The van der Waals surface area contributed by atoms with Gasteiger partial charge in [0.25, 0.3) is 11.5 Å². The summed E-state index contributed by atoms with van der Waals surface area (Å²) in [6.07, 6.45) is 0. The summed E-state index contributed by atoms with van der Waals surface area (Å²) in [6, 6.07) is 20.3. The fraction of sp³-hybridized carbons (Fsp3) is 0.0769. The van der Waals surface area contributed by atoms with Gasteiger partial charge in [0.2, 0.25) is 5.95 Å².